The average Bonchev–Trinajstić information content (AvgIpc) is 3.64. The normalized spacial score (nSPS) is 17.7. The van der Waals surface area contributed by atoms with E-state index in [1.807, 2.05) is 39.7 Å². The molecular formula is C49H61N9O4. The fourth-order valence-electron chi connectivity index (χ4n) is 9.20. The number of aliphatic hydroxyl groups is 1. The Morgan fingerprint density at radius 3 is 2.26 bits per heavy atom. The molecule has 5 heterocycles. The molecule has 0 radical (unpaired) electrons. The van der Waals surface area contributed by atoms with Crippen LogP contribution in [0.25, 0.3) is 28.0 Å². The van der Waals surface area contributed by atoms with E-state index in [2.05, 4.69) is 86.9 Å². The summed E-state index contributed by atoms with van der Waals surface area (Å²) in [4.78, 5) is 51.1. The molecule has 13 nitrogen and oxygen atoms in total. The number of β-amino-alcohol motifs (C(OH)–C–C–N with tert-alkyl or cyclic N) is 1. The summed E-state index contributed by atoms with van der Waals surface area (Å²) in [6.07, 6.45) is 7.86. The lowest BCUT2D eigenvalue weighted by atomic mass is 9.90. The van der Waals surface area contributed by atoms with Crippen LogP contribution < -0.4 is 15.5 Å². The maximum atomic E-state index is 13.0. The number of unbranched alkanes of at least 4 members (excludes halogenated alkanes) is 4. The van der Waals surface area contributed by atoms with Gasteiger partial charge in [0.2, 0.25) is 17.7 Å². The molecule has 0 spiro atoms. The number of piperazine rings is 2. The van der Waals surface area contributed by atoms with Crippen LogP contribution in [0.4, 0.5) is 11.5 Å². The second kappa shape index (κ2) is 20.5. The van der Waals surface area contributed by atoms with Crippen molar-refractivity contribution >= 4 is 34.9 Å². The number of nitrogens with zero attached hydrogens (tertiary/aromatic N) is 7. The van der Waals surface area contributed by atoms with Crippen LogP contribution in [0.1, 0.15) is 67.7 Å². The van der Waals surface area contributed by atoms with Crippen molar-refractivity contribution in [3.63, 3.8) is 0 Å². The summed E-state index contributed by atoms with van der Waals surface area (Å²) in [6.45, 7) is 11.1. The predicted molar refractivity (Wildman–Crippen MR) is 244 cm³/mol. The van der Waals surface area contributed by atoms with Gasteiger partial charge in [0.1, 0.15) is 5.82 Å². The highest BCUT2D eigenvalue weighted by atomic mass is 16.3. The van der Waals surface area contributed by atoms with Crippen LogP contribution in [0.5, 0.6) is 0 Å². The molecule has 13 heteroatoms. The van der Waals surface area contributed by atoms with Gasteiger partial charge in [-0.25, -0.2) is 4.98 Å². The number of imide groups is 1. The van der Waals surface area contributed by atoms with Gasteiger partial charge in [0.15, 0.2) is 5.65 Å². The highest BCUT2D eigenvalue weighted by Gasteiger charge is 2.28. The van der Waals surface area contributed by atoms with Crippen molar-refractivity contribution in [1.82, 2.24) is 34.6 Å². The summed E-state index contributed by atoms with van der Waals surface area (Å²) < 4.78 is 2.03. The molecule has 3 aromatic carbocycles. The van der Waals surface area contributed by atoms with E-state index in [1.165, 1.54) is 31.2 Å². The predicted octanol–water partition coefficient (Wildman–Crippen LogP) is 5.76. The minimum atomic E-state index is -0.310. The molecule has 3 fully saturated rings. The van der Waals surface area contributed by atoms with Crippen LogP contribution in [0.2, 0.25) is 0 Å². The van der Waals surface area contributed by atoms with Crippen LogP contribution in [0, 0.1) is 6.92 Å². The molecule has 326 valence electrons. The number of aromatic nitrogens is 3. The molecule has 0 aliphatic carbocycles. The number of amides is 3. The van der Waals surface area contributed by atoms with Crippen LogP contribution in [-0.4, -0.2) is 131 Å². The molecule has 3 aliphatic rings. The first-order valence-electron chi connectivity index (χ1n) is 22.6. The van der Waals surface area contributed by atoms with E-state index in [9.17, 15) is 19.5 Å². The zero-order valence-corrected chi connectivity index (χ0v) is 36.1. The van der Waals surface area contributed by atoms with Crippen molar-refractivity contribution in [2.45, 2.75) is 64.2 Å². The number of piperidine rings is 1. The summed E-state index contributed by atoms with van der Waals surface area (Å²) in [5.41, 5.74) is 9.17. The Balaban J connectivity index is 0.775. The summed E-state index contributed by atoms with van der Waals surface area (Å²) >= 11 is 0. The van der Waals surface area contributed by atoms with Crippen molar-refractivity contribution in [1.29, 1.82) is 0 Å². The van der Waals surface area contributed by atoms with Crippen LogP contribution >= 0.6 is 0 Å². The van der Waals surface area contributed by atoms with Crippen molar-refractivity contribution in [3.8, 4) is 22.4 Å². The molecule has 3 aliphatic heterocycles. The van der Waals surface area contributed by atoms with Crippen LogP contribution in [0.3, 0.4) is 0 Å². The maximum absolute atomic E-state index is 13.0. The number of fused-ring (bicyclic) bond motifs is 1. The molecule has 3 amide bonds. The van der Waals surface area contributed by atoms with E-state index in [1.54, 1.807) is 0 Å². The molecule has 2 aromatic heterocycles. The Bertz CT molecular complexity index is 2300. The molecule has 1 atom stereocenters. The summed E-state index contributed by atoms with van der Waals surface area (Å²) in [7, 11) is 0. The number of carbonyl (C=O) groups excluding carboxylic acids is 3. The quantitative estimate of drug-likeness (QED) is 0.0784. The fraction of sp³-hybridized carbons (Fsp3) is 0.449. The van der Waals surface area contributed by atoms with Gasteiger partial charge in [0.25, 0.3) is 0 Å². The summed E-state index contributed by atoms with van der Waals surface area (Å²) in [5.74, 6) is 0.391. The number of aryl methyl sites for hydroxylation is 2. The topological polar surface area (TPSA) is 139 Å². The minimum Gasteiger partial charge on any atom is -0.395 e. The van der Waals surface area contributed by atoms with Gasteiger partial charge in [-0.15, -0.1) is 0 Å². The number of aliphatic hydroxyl groups excluding tert-OH is 1. The minimum absolute atomic E-state index is 0.0987. The molecule has 1 unspecified atom stereocenters. The zero-order valence-electron chi connectivity index (χ0n) is 36.1. The Morgan fingerprint density at radius 2 is 1.50 bits per heavy atom. The smallest absolute Gasteiger partial charge is 0.241 e. The van der Waals surface area contributed by atoms with Crippen molar-refractivity contribution in [2.24, 2.45) is 0 Å². The number of carbonyl (C=O) groups is 3. The van der Waals surface area contributed by atoms with Crippen molar-refractivity contribution in [2.75, 3.05) is 88.8 Å². The molecule has 62 heavy (non-hydrogen) atoms. The van der Waals surface area contributed by atoms with Gasteiger partial charge in [0, 0.05) is 88.2 Å². The molecule has 3 N–H and O–H groups in total. The van der Waals surface area contributed by atoms with Crippen LogP contribution in [-0.2, 0) is 20.8 Å². The lowest BCUT2D eigenvalue weighted by Gasteiger charge is -2.35. The van der Waals surface area contributed by atoms with Gasteiger partial charge in [-0.1, -0.05) is 79.9 Å². The number of rotatable bonds is 17. The third-order valence-electron chi connectivity index (χ3n) is 12.8. The van der Waals surface area contributed by atoms with Crippen molar-refractivity contribution < 1.29 is 19.5 Å². The van der Waals surface area contributed by atoms with Crippen LogP contribution in [0.15, 0.2) is 84.9 Å². The first-order chi connectivity index (χ1) is 30.3. The van der Waals surface area contributed by atoms with Crippen molar-refractivity contribution in [3.05, 3.63) is 102 Å². The highest BCUT2D eigenvalue weighted by molar-refractivity contribution is 6.01. The van der Waals surface area contributed by atoms with Gasteiger partial charge in [-0.2, -0.15) is 9.61 Å². The number of nitrogens with one attached hydrogen (secondary N) is 2. The summed E-state index contributed by atoms with van der Waals surface area (Å²) in [5, 5.41) is 20.2. The lowest BCUT2D eigenvalue weighted by Crippen LogP contribution is -2.50. The number of anilines is 2. The zero-order chi connectivity index (χ0) is 42.8. The van der Waals surface area contributed by atoms with E-state index in [0.29, 0.717) is 19.4 Å². The summed E-state index contributed by atoms with van der Waals surface area (Å²) in [6, 6.07) is 29.1. The average molecular weight is 840 g/mol. The van der Waals surface area contributed by atoms with Gasteiger partial charge in [0.05, 0.1) is 30.5 Å². The second-order valence-electron chi connectivity index (χ2n) is 17.0. The van der Waals surface area contributed by atoms with E-state index < -0.39 is 0 Å². The van der Waals surface area contributed by atoms with E-state index in [-0.39, 0.29) is 36.8 Å². The monoisotopic (exact) mass is 839 g/mol. The van der Waals surface area contributed by atoms with E-state index in [4.69, 9.17) is 10.1 Å². The Morgan fingerprint density at radius 1 is 0.790 bits per heavy atom. The molecule has 3 saturated heterocycles. The Kier molecular flexibility index (Phi) is 14.2. The van der Waals surface area contributed by atoms with Gasteiger partial charge in [-0.3, -0.25) is 29.5 Å². The first-order valence-corrected chi connectivity index (χ1v) is 22.6. The number of benzene rings is 3. The van der Waals surface area contributed by atoms with Gasteiger partial charge >= 0.3 is 0 Å². The Labute approximate surface area is 365 Å². The first kappa shape index (κ1) is 43.0. The molecule has 5 aromatic rings. The fourth-order valence-corrected chi connectivity index (χ4v) is 9.20. The third-order valence-corrected chi connectivity index (χ3v) is 12.8. The molecule has 0 saturated carbocycles. The lowest BCUT2D eigenvalue weighted by molar-refractivity contribution is -0.134. The van der Waals surface area contributed by atoms with Gasteiger partial charge in [-0.05, 0) is 74.0 Å². The van der Waals surface area contributed by atoms with E-state index in [0.717, 1.165) is 123 Å². The standard InChI is InChI=1S/C49H61N9O4/c1-36-47(39-13-7-5-8-14-39)48-51-43(34-45(58(48)53-36)56-27-23-55(24-28-56)31-32-59)40-15-10-12-37(33-40)11-6-3-2-4-9-22-54-25-29-57(30-26-54)46(61)35-50-41-18-16-38(17-19-41)42-20-21-44(60)52-49(42)62/h5,7-8,10,12-19,33-34,42,50,59H,2-4,6,9,11,20-32,35H2,1H3,(H,52,60,62). The van der Waals surface area contributed by atoms with E-state index >= 15 is 0 Å². The second-order valence-corrected chi connectivity index (χ2v) is 17.0. The SMILES string of the molecule is Cc1nn2c(N3CCN(CCO)CC3)cc(-c3cccc(CCCCCCCN4CCN(C(=O)CNc5ccc(C6CCC(=O)NC6=O)cc5)CC4)c3)nc2c1-c1ccccc1. The largest absolute Gasteiger partial charge is 0.395 e. The molecular weight excluding hydrogens is 779 g/mol. The molecule has 0 bridgehead atoms. The highest BCUT2D eigenvalue weighted by Crippen LogP contribution is 2.33. The Hall–Kier alpha value is -5.63. The number of hydrogen-bond acceptors (Lipinski definition) is 10. The molecule has 8 rings (SSSR count). The third kappa shape index (κ3) is 10.5. The maximum Gasteiger partial charge on any atom is 0.241 e. The van der Waals surface area contributed by atoms with Gasteiger partial charge < -0.3 is 20.2 Å². The number of hydrogen-bond donors (Lipinski definition) is 3.